The number of aromatic nitrogens is 2. The van der Waals surface area contributed by atoms with Gasteiger partial charge in [0.15, 0.2) is 9.84 Å². The molecule has 0 unspecified atom stereocenters. The summed E-state index contributed by atoms with van der Waals surface area (Å²) in [6, 6.07) is 24.7. The monoisotopic (exact) mass is 436 g/mol. The molecule has 4 nitrogen and oxygen atoms in total. The molecule has 0 fully saturated rings. The van der Waals surface area contributed by atoms with Gasteiger partial charge in [0.1, 0.15) is 5.69 Å². The molecule has 152 valence electrons. The van der Waals surface area contributed by atoms with E-state index in [4.69, 9.17) is 16.7 Å². The lowest BCUT2D eigenvalue weighted by Gasteiger charge is -2.07. The number of benzene rings is 3. The molecule has 0 spiro atoms. The molecule has 0 saturated carbocycles. The van der Waals surface area contributed by atoms with Crippen LogP contribution in [-0.4, -0.2) is 24.5 Å². The van der Waals surface area contributed by atoms with Gasteiger partial charge < -0.3 is 0 Å². The summed E-state index contributed by atoms with van der Waals surface area (Å²) in [5.74, 6) is 0. The van der Waals surface area contributed by atoms with Crippen LogP contribution in [0.3, 0.4) is 0 Å². The summed E-state index contributed by atoms with van der Waals surface area (Å²) in [6.45, 7) is 2.70. The minimum absolute atomic E-state index is 0.291. The Balaban J connectivity index is 1.85. The highest BCUT2D eigenvalue weighted by Crippen LogP contribution is 2.35. The number of hydrogen-bond acceptors (Lipinski definition) is 3. The topological polar surface area (TPSA) is 52.0 Å². The van der Waals surface area contributed by atoms with E-state index in [1.807, 2.05) is 66.2 Å². The van der Waals surface area contributed by atoms with E-state index in [1.54, 1.807) is 12.1 Å². The molecule has 0 amide bonds. The molecule has 0 bridgehead atoms. The zero-order valence-corrected chi connectivity index (χ0v) is 18.3. The fraction of sp³-hybridized carbons (Fsp3) is 0.125. The predicted octanol–water partition coefficient (Wildman–Crippen LogP) is 5.63. The molecule has 4 aromatic rings. The molecule has 6 heteroatoms. The van der Waals surface area contributed by atoms with Gasteiger partial charge in [-0.3, -0.25) is 4.68 Å². The van der Waals surface area contributed by atoms with Crippen molar-refractivity contribution in [2.45, 2.75) is 18.4 Å². The molecule has 1 heterocycles. The molecule has 3 aromatic carbocycles. The third-order valence-electron chi connectivity index (χ3n) is 5.07. The second kappa shape index (κ2) is 8.09. The lowest BCUT2D eigenvalue weighted by Crippen LogP contribution is -2.03. The first-order valence-electron chi connectivity index (χ1n) is 9.51. The van der Waals surface area contributed by atoms with Gasteiger partial charge in [-0.25, -0.2) is 8.42 Å². The van der Waals surface area contributed by atoms with Gasteiger partial charge >= 0.3 is 0 Å². The average molecular weight is 437 g/mol. The molecule has 30 heavy (non-hydrogen) atoms. The summed E-state index contributed by atoms with van der Waals surface area (Å²) in [6.07, 6.45) is 1.21. The first-order valence-corrected chi connectivity index (χ1v) is 11.8. The zero-order valence-electron chi connectivity index (χ0n) is 16.7. The molecule has 1 aromatic heterocycles. The molecule has 0 aliphatic rings. The molecule has 0 aliphatic heterocycles. The number of sulfone groups is 1. The maximum Gasteiger partial charge on any atom is 0.175 e. The Morgan fingerprint density at radius 1 is 0.867 bits per heavy atom. The third kappa shape index (κ3) is 4.18. The van der Waals surface area contributed by atoms with Crippen molar-refractivity contribution in [3.05, 3.63) is 95.1 Å². The quantitative estimate of drug-likeness (QED) is 0.407. The smallest absolute Gasteiger partial charge is 0.175 e. The largest absolute Gasteiger partial charge is 0.264 e. The van der Waals surface area contributed by atoms with Crippen LogP contribution in [0.15, 0.2) is 83.8 Å². The Hall–Kier alpha value is -2.89. The van der Waals surface area contributed by atoms with Crippen molar-refractivity contribution < 1.29 is 8.42 Å². The second-order valence-electron chi connectivity index (χ2n) is 7.26. The lowest BCUT2D eigenvalue weighted by atomic mass is 9.99. The van der Waals surface area contributed by atoms with Crippen LogP contribution in [0.25, 0.3) is 22.4 Å². The number of hydrogen-bond donors (Lipinski definition) is 0. The van der Waals surface area contributed by atoms with Crippen molar-refractivity contribution in [2.75, 3.05) is 6.26 Å². The van der Waals surface area contributed by atoms with Crippen LogP contribution in [0, 0.1) is 6.92 Å². The summed E-state index contributed by atoms with van der Waals surface area (Å²) in [7, 11) is -3.25. The third-order valence-corrected chi connectivity index (χ3v) is 6.45. The minimum Gasteiger partial charge on any atom is -0.264 e. The summed E-state index contributed by atoms with van der Waals surface area (Å²) in [4.78, 5) is 0.291. The number of halogens is 1. The number of rotatable bonds is 5. The van der Waals surface area contributed by atoms with E-state index in [0.717, 1.165) is 33.6 Å². The molecule has 0 aliphatic carbocycles. The fourth-order valence-electron chi connectivity index (χ4n) is 3.48. The summed E-state index contributed by atoms with van der Waals surface area (Å²) >= 11 is 6.09. The van der Waals surface area contributed by atoms with Gasteiger partial charge in [-0.05, 0) is 42.3 Å². The van der Waals surface area contributed by atoms with Gasteiger partial charge in [0.2, 0.25) is 0 Å². The van der Waals surface area contributed by atoms with Crippen LogP contribution in [0.2, 0.25) is 5.02 Å². The van der Waals surface area contributed by atoms with E-state index in [2.05, 4.69) is 12.1 Å². The first-order chi connectivity index (χ1) is 14.3. The highest BCUT2D eigenvalue weighted by Gasteiger charge is 2.19. The van der Waals surface area contributed by atoms with Gasteiger partial charge in [-0.1, -0.05) is 66.2 Å². The Kier molecular flexibility index (Phi) is 5.50. The van der Waals surface area contributed by atoms with Crippen molar-refractivity contribution in [3.63, 3.8) is 0 Å². The van der Waals surface area contributed by atoms with Gasteiger partial charge in [-0.2, -0.15) is 5.10 Å². The SMILES string of the molecule is Cc1c(-c2ccc(Cl)cc2)c(-c2ccc(S(C)(=O)=O)cc2)nn1Cc1ccccc1. The molecular weight excluding hydrogens is 416 g/mol. The highest BCUT2D eigenvalue weighted by atomic mass is 35.5. The van der Waals surface area contributed by atoms with Gasteiger partial charge in [-0.15, -0.1) is 0 Å². The van der Waals surface area contributed by atoms with Crippen LogP contribution in [0.1, 0.15) is 11.3 Å². The van der Waals surface area contributed by atoms with Crippen LogP contribution >= 0.6 is 11.6 Å². The normalized spacial score (nSPS) is 11.6. The van der Waals surface area contributed by atoms with E-state index in [0.29, 0.717) is 16.5 Å². The standard InChI is InChI=1S/C24H21ClN2O2S/c1-17-23(19-8-12-21(25)13-9-19)24(20-10-14-22(15-11-20)30(2,28)29)26-27(17)16-18-6-4-3-5-7-18/h3-15H,16H2,1-2H3. The van der Waals surface area contributed by atoms with Crippen molar-refractivity contribution in [1.82, 2.24) is 9.78 Å². The summed E-state index contributed by atoms with van der Waals surface area (Å²) < 4.78 is 25.6. The van der Waals surface area contributed by atoms with Crippen LogP contribution in [0.4, 0.5) is 0 Å². The maximum absolute atomic E-state index is 11.8. The second-order valence-corrected chi connectivity index (χ2v) is 9.71. The van der Waals surface area contributed by atoms with E-state index >= 15 is 0 Å². The van der Waals surface area contributed by atoms with Crippen LogP contribution < -0.4 is 0 Å². The molecule has 0 radical (unpaired) electrons. The molecular formula is C24H21ClN2O2S. The van der Waals surface area contributed by atoms with Crippen molar-refractivity contribution in [3.8, 4) is 22.4 Å². The van der Waals surface area contributed by atoms with Crippen LogP contribution in [0.5, 0.6) is 0 Å². The predicted molar refractivity (Wildman–Crippen MR) is 121 cm³/mol. The van der Waals surface area contributed by atoms with Gasteiger partial charge in [0.25, 0.3) is 0 Å². The van der Waals surface area contributed by atoms with Crippen molar-refractivity contribution >= 4 is 21.4 Å². The first kappa shape index (κ1) is 20.4. The van der Waals surface area contributed by atoms with Crippen molar-refractivity contribution in [2.24, 2.45) is 0 Å². The van der Waals surface area contributed by atoms with Gasteiger partial charge in [0.05, 0.1) is 11.4 Å². The lowest BCUT2D eigenvalue weighted by molar-refractivity contribution is 0.602. The van der Waals surface area contributed by atoms with E-state index in [-0.39, 0.29) is 0 Å². The molecule has 0 saturated heterocycles. The maximum atomic E-state index is 11.8. The number of nitrogens with zero attached hydrogens (tertiary/aromatic N) is 2. The Morgan fingerprint density at radius 2 is 1.47 bits per heavy atom. The molecule has 0 atom stereocenters. The molecule has 0 N–H and O–H groups in total. The average Bonchev–Trinajstić information content (AvgIpc) is 3.05. The summed E-state index contributed by atoms with van der Waals surface area (Å²) in [5, 5.41) is 5.57. The van der Waals surface area contributed by atoms with Crippen LogP contribution in [-0.2, 0) is 16.4 Å². The van der Waals surface area contributed by atoms with E-state index in [9.17, 15) is 8.42 Å². The van der Waals surface area contributed by atoms with Gasteiger partial charge in [0, 0.05) is 28.1 Å². The highest BCUT2D eigenvalue weighted by molar-refractivity contribution is 7.90. The molecule has 4 rings (SSSR count). The Labute approximate surface area is 181 Å². The van der Waals surface area contributed by atoms with Crippen molar-refractivity contribution in [1.29, 1.82) is 0 Å². The Morgan fingerprint density at radius 3 is 2.07 bits per heavy atom. The Bertz CT molecular complexity index is 1280. The minimum atomic E-state index is -3.25. The zero-order chi connectivity index (χ0) is 21.3. The fourth-order valence-corrected chi connectivity index (χ4v) is 4.24. The van der Waals surface area contributed by atoms with E-state index < -0.39 is 9.84 Å². The summed E-state index contributed by atoms with van der Waals surface area (Å²) in [5.41, 5.74) is 5.88. The van der Waals surface area contributed by atoms with E-state index in [1.165, 1.54) is 6.26 Å².